The van der Waals surface area contributed by atoms with Crippen LogP contribution in [0.15, 0.2) is 0 Å². The Hall–Kier alpha value is 0.270. The second-order valence-electron chi connectivity index (χ2n) is 4.74. The highest BCUT2D eigenvalue weighted by molar-refractivity contribution is 7.62. The highest BCUT2D eigenvalue weighted by Crippen LogP contribution is 2.75. The molecule has 0 bridgehead atoms. The first-order chi connectivity index (χ1) is 6.90. The van der Waals surface area contributed by atoms with Gasteiger partial charge in [-0.15, -0.1) is 9.34 Å². The van der Waals surface area contributed by atoms with E-state index < -0.39 is 8.02 Å². The molecule has 0 aliphatic carbocycles. The fourth-order valence-corrected chi connectivity index (χ4v) is 5.83. The van der Waals surface area contributed by atoms with Gasteiger partial charge in [-0.05, 0) is 27.7 Å². The van der Waals surface area contributed by atoms with Gasteiger partial charge in [-0.3, -0.25) is 0 Å². The largest absolute Gasteiger partial charge is 0.437 e. The maximum atomic E-state index is 6.13. The Morgan fingerprint density at radius 3 is 1.33 bits per heavy atom. The van der Waals surface area contributed by atoms with Crippen molar-refractivity contribution in [3.63, 3.8) is 0 Å². The molecule has 5 heteroatoms. The summed E-state index contributed by atoms with van der Waals surface area (Å²) in [6.07, 6.45) is 0.506. The van der Waals surface area contributed by atoms with Crippen molar-refractivity contribution in [2.45, 2.75) is 52.0 Å². The molecule has 2 saturated heterocycles. The molecule has 2 aliphatic rings. The van der Waals surface area contributed by atoms with E-state index in [0.29, 0.717) is 12.1 Å². The Morgan fingerprint density at radius 2 is 1.13 bits per heavy atom. The quantitative estimate of drug-likeness (QED) is 0.598. The monoisotopic (exact) mass is 233 g/mol. The van der Waals surface area contributed by atoms with Gasteiger partial charge < -0.3 is 0 Å². The van der Waals surface area contributed by atoms with Gasteiger partial charge in [-0.25, -0.2) is 0 Å². The van der Waals surface area contributed by atoms with E-state index >= 15 is 0 Å². The Balaban J connectivity index is 2.29. The van der Waals surface area contributed by atoms with E-state index in [1.807, 2.05) is 0 Å². The van der Waals surface area contributed by atoms with E-state index in [-0.39, 0.29) is 12.2 Å². The summed E-state index contributed by atoms with van der Waals surface area (Å²) in [5.74, 6) is 0. The molecule has 0 aromatic rings. The van der Waals surface area contributed by atoms with Gasteiger partial charge in [0.1, 0.15) is 12.2 Å². The summed E-state index contributed by atoms with van der Waals surface area (Å²) in [5, 5.41) is 0. The number of likely N-dealkylation sites (N-methyl/N-ethyl adjacent to an activating group) is 2. The first-order valence-electron chi connectivity index (χ1n) is 5.62. The zero-order valence-electron chi connectivity index (χ0n) is 10.5. The zero-order chi connectivity index (χ0) is 11.4. The molecule has 0 N–H and O–H groups in total. The number of nitrogens with zero attached hydrogens (tertiary/aromatic N) is 2. The van der Waals surface area contributed by atoms with E-state index in [1.54, 1.807) is 0 Å². The molecule has 4 atom stereocenters. The SMILES string of the molecule is CC1O[P+]2(OC(C)C(C)N2C)N(C)C1C. The maximum absolute atomic E-state index is 6.13. The van der Waals surface area contributed by atoms with Gasteiger partial charge in [-0.2, -0.15) is 9.05 Å². The van der Waals surface area contributed by atoms with Gasteiger partial charge in [0.05, 0.1) is 12.1 Å². The first kappa shape index (κ1) is 11.7. The molecule has 1 spiro atoms. The standard InChI is InChI=1S/C10H22N2O2P/c1-7-9(3)13-15(11(7)5)12(6)8(2)10(4)14-15/h7-10H,1-6H3/q+1. The second kappa shape index (κ2) is 3.64. The molecule has 88 valence electrons. The van der Waals surface area contributed by atoms with E-state index in [4.69, 9.17) is 9.05 Å². The second-order valence-corrected chi connectivity index (χ2v) is 7.40. The highest BCUT2D eigenvalue weighted by atomic mass is 31.2. The smallest absolute Gasteiger partial charge is 0.167 e. The van der Waals surface area contributed by atoms with Crippen molar-refractivity contribution in [1.82, 2.24) is 9.34 Å². The average molecular weight is 233 g/mol. The van der Waals surface area contributed by atoms with Gasteiger partial charge >= 0.3 is 8.02 Å². The predicted octanol–water partition coefficient (Wildman–Crippen LogP) is 2.14. The van der Waals surface area contributed by atoms with Crippen molar-refractivity contribution < 1.29 is 9.05 Å². The summed E-state index contributed by atoms with van der Waals surface area (Å²) in [5.41, 5.74) is 0. The van der Waals surface area contributed by atoms with Crippen LogP contribution in [0.4, 0.5) is 0 Å². The molecule has 15 heavy (non-hydrogen) atoms. The Labute approximate surface area is 93.1 Å². The summed E-state index contributed by atoms with van der Waals surface area (Å²) >= 11 is 0. The molecule has 0 aromatic heterocycles. The molecular weight excluding hydrogens is 211 g/mol. The maximum Gasteiger partial charge on any atom is 0.437 e. The minimum absolute atomic E-state index is 0.253. The fourth-order valence-electron chi connectivity index (χ4n) is 2.22. The van der Waals surface area contributed by atoms with Gasteiger partial charge in [0.15, 0.2) is 0 Å². The minimum atomic E-state index is -1.94. The van der Waals surface area contributed by atoms with E-state index in [2.05, 4.69) is 51.1 Å². The van der Waals surface area contributed by atoms with E-state index in [0.717, 1.165) is 0 Å². The third-order valence-electron chi connectivity index (χ3n) is 3.94. The molecule has 4 nitrogen and oxygen atoms in total. The molecule has 4 unspecified atom stereocenters. The van der Waals surface area contributed by atoms with Crippen molar-refractivity contribution >= 4 is 8.02 Å². The molecular formula is C10H22N2O2P+. The first-order valence-corrected chi connectivity index (χ1v) is 7.15. The van der Waals surface area contributed by atoms with Crippen LogP contribution in [-0.2, 0) is 9.05 Å². The van der Waals surface area contributed by atoms with Crippen LogP contribution >= 0.6 is 8.02 Å². The van der Waals surface area contributed by atoms with Gasteiger partial charge in [0.25, 0.3) is 0 Å². The highest BCUT2D eigenvalue weighted by Gasteiger charge is 2.69. The molecule has 0 saturated carbocycles. The van der Waals surface area contributed by atoms with Gasteiger partial charge in [-0.1, -0.05) is 0 Å². The molecule has 2 rings (SSSR count). The summed E-state index contributed by atoms with van der Waals surface area (Å²) in [4.78, 5) is 0. The molecule has 0 amide bonds. The lowest BCUT2D eigenvalue weighted by molar-refractivity contribution is 0.182. The van der Waals surface area contributed by atoms with Crippen LogP contribution in [0.1, 0.15) is 27.7 Å². The summed E-state index contributed by atoms with van der Waals surface area (Å²) in [6, 6.07) is 0.858. The number of rotatable bonds is 0. The lowest BCUT2D eigenvalue weighted by Crippen LogP contribution is -2.32. The Bertz CT molecular complexity index is 238. The van der Waals surface area contributed by atoms with Gasteiger partial charge in [0.2, 0.25) is 0 Å². The van der Waals surface area contributed by atoms with Crippen LogP contribution in [-0.4, -0.2) is 47.7 Å². The lowest BCUT2D eigenvalue weighted by Gasteiger charge is -2.25. The van der Waals surface area contributed by atoms with Crippen LogP contribution < -0.4 is 0 Å². The molecule has 2 fully saturated rings. The van der Waals surface area contributed by atoms with E-state index in [1.165, 1.54) is 0 Å². The molecule has 0 aromatic carbocycles. The summed E-state index contributed by atoms with van der Waals surface area (Å²) in [7, 11) is 2.29. The van der Waals surface area contributed by atoms with Crippen molar-refractivity contribution in [3.8, 4) is 0 Å². The topological polar surface area (TPSA) is 24.9 Å². The van der Waals surface area contributed by atoms with Crippen molar-refractivity contribution in [2.75, 3.05) is 14.1 Å². The average Bonchev–Trinajstić information content (AvgIpc) is 2.53. The van der Waals surface area contributed by atoms with E-state index in [9.17, 15) is 0 Å². The van der Waals surface area contributed by atoms with Crippen molar-refractivity contribution in [3.05, 3.63) is 0 Å². The summed E-state index contributed by atoms with van der Waals surface area (Å²) in [6.45, 7) is 8.65. The van der Waals surface area contributed by atoms with Crippen LogP contribution in [0.2, 0.25) is 0 Å². The summed E-state index contributed by atoms with van der Waals surface area (Å²) < 4.78 is 16.8. The Kier molecular flexibility index (Phi) is 2.85. The third-order valence-corrected chi connectivity index (χ3v) is 7.48. The van der Waals surface area contributed by atoms with Crippen LogP contribution in [0, 0.1) is 0 Å². The normalized spacial score (nSPS) is 53.2. The lowest BCUT2D eigenvalue weighted by atomic mass is 10.2. The number of hydrogen-bond acceptors (Lipinski definition) is 4. The molecule has 0 radical (unpaired) electrons. The third kappa shape index (κ3) is 1.47. The van der Waals surface area contributed by atoms with Crippen molar-refractivity contribution in [1.29, 1.82) is 0 Å². The molecule has 2 aliphatic heterocycles. The van der Waals surface area contributed by atoms with Crippen LogP contribution in [0.3, 0.4) is 0 Å². The van der Waals surface area contributed by atoms with Crippen LogP contribution in [0.25, 0.3) is 0 Å². The Morgan fingerprint density at radius 1 is 0.800 bits per heavy atom. The zero-order valence-corrected chi connectivity index (χ0v) is 11.4. The number of hydrogen-bond donors (Lipinski definition) is 0. The van der Waals surface area contributed by atoms with Crippen LogP contribution in [0.5, 0.6) is 0 Å². The van der Waals surface area contributed by atoms with Crippen molar-refractivity contribution in [2.24, 2.45) is 0 Å². The predicted molar refractivity (Wildman–Crippen MR) is 62.5 cm³/mol. The molecule has 2 heterocycles. The van der Waals surface area contributed by atoms with Gasteiger partial charge in [0, 0.05) is 14.1 Å². The minimum Gasteiger partial charge on any atom is -0.167 e. The fraction of sp³-hybridized carbons (Fsp3) is 1.00.